The Morgan fingerprint density at radius 2 is 1.91 bits per heavy atom. The zero-order valence-electron chi connectivity index (χ0n) is 19.4. The van der Waals surface area contributed by atoms with Crippen LogP contribution >= 0.6 is 22.9 Å². The van der Waals surface area contributed by atoms with Crippen LogP contribution in [0.1, 0.15) is 45.7 Å². The molecule has 0 saturated heterocycles. The second-order valence-corrected chi connectivity index (χ2v) is 11.4. The molecule has 1 atom stereocenters. The first-order valence-electron chi connectivity index (χ1n) is 10.5. The van der Waals surface area contributed by atoms with Gasteiger partial charge in [0.25, 0.3) is 10.0 Å². The molecule has 0 aliphatic heterocycles. The lowest BCUT2D eigenvalue weighted by atomic mass is 10.0. The van der Waals surface area contributed by atoms with Crippen molar-refractivity contribution in [1.29, 1.82) is 0 Å². The normalized spacial score (nSPS) is 12.8. The number of nitrogens with one attached hydrogen (secondary N) is 1. The molecule has 0 aliphatic carbocycles. The van der Waals surface area contributed by atoms with E-state index in [1.807, 2.05) is 0 Å². The molecule has 1 N–H and O–H groups in total. The maximum Gasteiger partial charge on any atom is 0.430 e. The molecule has 7 nitrogen and oxygen atoms in total. The van der Waals surface area contributed by atoms with E-state index in [9.17, 15) is 17.6 Å². The predicted molar refractivity (Wildman–Crippen MR) is 132 cm³/mol. The van der Waals surface area contributed by atoms with Gasteiger partial charge in [-0.3, -0.25) is 0 Å². The molecule has 188 valence electrons. The molecule has 1 heterocycles. The van der Waals surface area contributed by atoms with Gasteiger partial charge in [0.1, 0.15) is 22.1 Å². The van der Waals surface area contributed by atoms with Crippen LogP contribution in [0.4, 0.5) is 25.1 Å². The lowest BCUT2D eigenvalue weighted by Crippen LogP contribution is -2.41. The van der Waals surface area contributed by atoms with Crippen molar-refractivity contribution in [2.75, 3.05) is 9.62 Å². The van der Waals surface area contributed by atoms with Gasteiger partial charge in [-0.1, -0.05) is 36.7 Å². The number of benzene rings is 2. The summed E-state index contributed by atoms with van der Waals surface area (Å²) >= 11 is 7.36. The lowest BCUT2D eigenvalue weighted by Gasteiger charge is -2.26. The summed E-state index contributed by atoms with van der Waals surface area (Å²) in [4.78, 5) is 15.8. The van der Waals surface area contributed by atoms with E-state index < -0.39 is 44.3 Å². The molecule has 0 unspecified atom stereocenters. The van der Waals surface area contributed by atoms with Gasteiger partial charge in [-0.2, -0.15) is 0 Å². The number of anilines is 2. The molecule has 0 saturated carbocycles. The van der Waals surface area contributed by atoms with E-state index in [-0.39, 0.29) is 16.5 Å². The van der Waals surface area contributed by atoms with Crippen LogP contribution in [0.5, 0.6) is 0 Å². The van der Waals surface area contributed by atoms with E-state index in [0.29, 0.717) is 16.3 Å². The van der Waals surface area contributed by atoms with Crippen LogP contribution < -0.4 is 9.62 Å². The van der Waals surface area contributed by atoms with Gasteiger partial charge >= 0.3 is 6.09 Å². The van der Waals surface area contributed by atoms with Crippen molar-refractivity contribution in [2.45, 2.75) is 50.7 Å². The van der Waals surface area contributed by atoms with E-state index in [1.54, 1.807) is 45.9 Å². The van der Waals surface area contributed by atoms with Gasteiger partial charge in [-0.05, 0) is 45.4 Å². The summed E-state index contributed by atoms with van der Waals surface area (Å²) < 4.78 is 61.8. The Morgan fingerprint density at radius 3 is 2.49 bits per heavy atom. The van der Waals surface area contributed by atoms with Crippen molar-refractivity contribution in [1.82, 2.24) is 4.98 Å². The average molecular weight is 544 g/mol. The van der Waals surface area contributed by atoms with Gasteiger partial charge in [0, 0.05) is 10.9 Å². The van der Waals surface area contributed by atoms with Gasteiger partial charge in [0.15, 0.2) is 5.82 Å². The summed E-state index contributed by atoms with van der Waals surface area (Å²) in [5, 5.41) is 4.14. The maximum atomic E-state index is 15.2. The first-order chi connectivity index (χ1) is 16.3. The zero-order valence-corrected chi connectivity index (χ0v) is 21.8. The number of rotatable bonds is 7. The highest BCUT2D eigenvalue weighted by molar-refractivity contribution is 7.93. The Bertz CT molecular complexity index is 1310. The number of nitrogens with zero attached hydrogens (tertiary/aromatic N) is 2. The summed E-state index contributed by atoms with van der Waals surface area (Å²) in [5.41, 5.74) is 0.720. The van der Waals surface area contributed by atoms with Gasteiger partial charge in [0.05, 0.1) is 22.3 Å². The molecule has 0 radical (unpaired) electrons. The van der Waals surface area contributed by atoms with Crippen LogP contribution in [-0.4, -0.2) is 25.1 Å². The topological polar surface area (TPSA) is 88.6 Å². The highest BCUT2D eigenvalue weighted by atomic mass is 35.5. The number of amides is 1. The third kappa shape index (κ3) is 6.09. The molecule has 2 aromatic carbocycles. The number of thiazole rings is 1. The SMILES string of the molecule is CC[C@H](Nc1cc(F)c(S(=O)(=O)N(C(=O)OC(C)(C)C)c2cscn2)cc1Cl)c1ccccc1F. The van der Waals surface area contributed by atoms with E-state index in [0.717, 1.165) is 23.5 Å². The number of carbonyl (C=O) groups is 1. The first-order valence-corrected chi connectivity index (χ1v) is 13.3. The summed E-state index contributed by atoms with van der Waals surface area (Å²) in [7, 11) is -4.80. The number of aromatic nitrogens is 1. The Hall–Kier alpha value is -2.76. The number of ether oxygens (including phenoxy) is 1. The van der Waals surface area contributed by atoms with E-state index in [4.69, 9.17) is 16.3 Å². The van der Waals surface area contributed by atoms with Crippen molar-refractivity contribution in [3.63, 3.8) is 0 Å². The minimum Gasteiger partial charge on any atom is -0.443 e. The molecular weight excluding hydrogens is 520 g/mol. The fraction of sp³-hybridized carbons (Fsp3) is 0.304. The van der Waals surface area contributed by atoms with Crippen LogP contribution in [0.3, 0.4) is 0 Å². The predicted octanol–water partition coefficient (Wildman–Crippen LogP) is 6.77. The standard InChI is InChI=1S/C23H24ClF2N3O4S2/c1-5-18(14-8-6-7-9-16(14)25)28-19-11-17(26)20(10-15(19)24)35(31,32)29(21-12-34-13-27-21)22(30)33-23(2,3)4/h6-13,18,28H,5H2,1-4H3/t18-/m0/s1. The van der Waals surface area contributed by atoms with Crippen molar-refractivity contribution in [2.24, 2.45) is 0 Å². The number of halogens is 3. The third-order valence-corrected chi connectivity index (χ3v) is 7.32. The zero-order chi connectivity index (χ0) is 26.0. The van der Waals surface area contributed by atoms with Gasteiger partial charge in [-0.15, -0.1) is 15.6 Å². The molecule has 1 aromatic heterocycles. The molecule has 3 rings (SSSR count). The van der Waals surface area contributed by atoms with Crippen LogP contribution in [-0.2, 0) is 14.8 Å². The lowest BCUT2D eigenvalue weighted by molar-refractivity contribution is 0.0608. The van der Waals surface area contributed by atoms with Crippen LogP contribution in [0.2, 0.25) is 5.02 Å². The molecule has 3 aromatic rings. The Labute approximate surface area is 211 Å². The van der Waals surface area contributed by atoms with Crippen LogP contribution in [0, 0.1) is 11.6 Å². The molecule has 12 heteroatoms. The highest BCUT2D eigenvalue weighted by Crippen LogP contribution is 2.35. The smallest absolute Gasteiger partial charge is 0.430 e. The van der Waals surface area contributed by atoms with E-state index in [2.05, 4.69) is 10.3 Å². The number of hydrogen-bond acceptors (Lipinski definition) is 7. The Balaban J connectivity index is 2.02. The number of sulfonamides is 1. The number of hydrogen-bond donors (Lipinski definition) is 1. The minimum atomic E-state index is -4.80. The molecule has 0 aliphatic rings. The molecule has 1 amide bonds. The Kier molecular flexibility index (Phi) is 8.03. The first kappa shape index (κ1) is 26.8. The minimum absolute atomic E-state index is 0.0655. The van der Waals surface area contributed by atoms with Gasteiger partial charge in [-0.25, -0.2) is 27.0 Å². The summed E-state index contributed by atoms with van der Waals surface area (Å²) in [6, 6.07) is 7.36. The van der Waals surface area contributed by atoms with Crippen molar-refractivity contribution in [3.05, 3.63) is 69.5 Å². The van der Waals surface area contributed by atoms with Gasteiger partial charge < -0.3 is 10.1 Å². The maximum absolute atomic E-state index is 15.2. The van der Waals surface area contributed by atoms with E-state index >= 15 is 4.39 Å². The second kappa shape index (κ2) is 10.5. The Morgan fingerprint density at radius 1 is 1.23 bits per heavy atom. The quantitative estimate of drug-likeness (QED) is 0.354. The fourth-order valence-corrected chi connectivity index (χ4v) is 5.42. The van der Waals surface area contributed by atoms with Gasteiger partial charge in [0.2, 0.25) is 0 Å². The highest BCUT2D eigenvalue weighted by Gasteiger charge is 2.38. The molecule has 0 fully saturated rings. The van der Waals surface area contributed by atoms with Crippen molar-refractivity contribution in [3.8, 4) is 0 Å². The number of carbonyl (C=O) groups excluding carboxylic acids is 1. The molecular formula is C23H24ClF2N3O4S2. The van der Waals surface area contributed by atoms with Crippen LogP contribution in [0.25, 0.3) is 0 Å². The van der Waals surface area contributed by atoms with E-state index in [1.165, 1.54) is 17.0 Å². The largest absolute Gasteiger partial charge is 0.443 e. The summed E-state index contributed by atoms with van der Waals surface area (Å²) in [6.07, 6.45) is -0.804. The third-order valence-electron chi connectivity index (χ3n) is 4.75. The molecule has 0 bridgehead atoms. The molecule has 0 spiro atoms. The summed E-state index contributed by atoms with van der Waals surface area (Å²) in [6.45, 7) is 6.50. The summed E-state index contributed by atoms with van der Waals surface area (Å²) in [5.74, 6) is -1.85. The molecule has 35 heavy (non-hydrogen) atoms. The monoisotopic (exact) mass is 543 g/mol. The second-order valence-electron chi connectivity index (χ2n) is 8.49. The fourth-order valence-electron chi connectivity index (χ4n) is 3.20. The van der Waals surface area contributed by atoms with Crippen LogP contribution in [0.15, 0.2) is 52.2 Å². The van der Waals surface area contributed by atoms with Crippen molar-refractivity contribution >= 4 is 50.6 Å². The average Bonchev–Trinajstić information content (AvgIpc) is 3.27. The van der Waals surface area contributed by atoms with Crippen molar-refractivity contribution < 1.29 is 26.7 Å².